The van der Waals surface area contributed by atoms with Gasteiger partial charge in [0, 0.05) is 18.4 Å². The lowest BCUT2D eigenvalue weighted by Gasteiger charge is -2.38. The summed E-state index contributed by atoms with van der Waals surface area (Å²) in [5.74, 6) is 2.23. The van der Waals surface area contributed by atoms with Gasteiger partial charge in [-0.1, -0.05) is 0 Å². The molecule has 1 amide bonds. The largest absolute Gasteiger partial charge is 0.376 e. The number of rotatable bonds is 7. The number of amides is 1. The molecule has 0 unspecified atom stereocenters. The fourth-order valence-corrected chi connectivity index (χ4v) is 4.72. The molecule has 3 aliphatic rings. The van der Waals surface area contributed by atoms with E-state index in [1.165, 1.54) is 24.2 Å². The van der Waals surface area contributed by atoms with Crippen molar-refractivity contribution in [3.63, 3.8) is 0 Å². The van der Waals surface area contributed by atoms with Crippen molar-refractivity contribution in [3.05, 3.63) is 11.1 Å². The Morgan fingerprint density at radius 1 is 1.36 bits per heavy atom. The number of aryl methyl sites for hydroxylation is 1. The van der Waals surface area contributed by atoms with Crippen LogP contribution in [0, 0.1) is 17.8 Å². The van der Waals surface area contributed by atoms with Crippen LogP contribution in [0.4, 0.5) is 5.13 Å². The zero-order valence-electron chi connectivity index (χ0n) is 14.6. The van der Waals surface area contributed by atoms with Crippen LogP contribution in [0.2, 0.25) is 0 Å². The van der Waals surface area contributed by atoms with Crippen LogP contribution in [-0.4, -0.2) is 42.7 Å². The van der Waals surface area contributed by atoms with E-state index in [2.05, 4.69) is 15.6 Å². The fraction of sp³-hybridized carbons (Fsp3) is 0.778. The molecule has 4 N–H and O–H groups in total. The highest BCUT2D eigenvalue weighted by atomic mass is 32.1. The van der Waals surface area contributed by atoms with Gasteiger partial charge in [0.15, 0.2) is 5.13 Å². The van der Waals surface area contributed by atoms with Crippen LogP contribution in [0.1, 0.15) is 37.8 Å². The van der Waals surface area contributed by atoms with Crippen molar-refractivity contribution >= 4 is 22.4 Å². The number of nitrogens with two attached hydrogens (primary N) is 1. The fourth-order valence-electron chi connectivity index (χ4n) is 4.12. The zero-order valence-corrected chi connectivity index (χ0v) is 15.4. The number of carbonyl (C=O) groups excluding carboxylic acids is 1. The number of nitrogens with one attached hydrogen (secondary N) is 2. The van der Waals surface area contributed by atoms with E-state index >= 15 is 0 Å². The first-order valence-corrected chi connectivity index (χ1v) is 10.4. The van der Waals surface area contributed by atoms with Gasteiger partial charge in [0.2, 0.25) is 5.91 Å². The number of anilines is 1. The molecular weight excluding hydrogens is 336 g/mol. The summed E-state index contributed by atoms with van der Waals surface area (Å²) < 4.78 is 6.22. The summed E-state index contributed by atoms with van der Waals surface area (Å²) in [5, 5.41) is 9.25. The third-order valence-electron chi connectivity index (χ3n) is 5.79. The van der Waals surface area contributed by atoms with Crippen molar-refractivity contribution < 1.29 is 9.53 Å². The Kier molecular flexibility index (Phi) is 5.24. The Labute approximate surface area is 152 Å². The Hall–Kier alpha value is -1.18. The number of nitrogen functional groups attached to an aromatic ring is 1. The topological polar surface area (TPSA) is 89.3 Å². The van der Waals surface area contributed by atoms with E-state index < -0.39 is 0 Å². The molecule has 1 aromatic heterocycles. The summed E-state index contributed by atoms with van der Waals surface area (Å²) in [5.41, 5.74) is 6.55. The second-order valence-electron chi connectivity index (χ2n) is 7.82. The number of hydrogen-bond acceptors (Lipinski definition) is 6. The maximum atomic E-state index is 12.4. The average molecular weight is 365 g/mol. The standard InChI is InChI=1S/C18H28N4O2S/c19-18-21-14(10-25-18)3-4-17(23)22-15-5-12-7-20-8-13(12)6-16(15)24-9-11-1-2-11/h10-13,15-16,20H,1-9H2,(H2,19,21)(H,22,23)/t12-,13+,15-,16-/m0/s1. The van der Waals surface area contributed by atoms with E-state index in [0.29, 0.717) is 29.8 Å². The maximum Gasteiger partial charge on any atom is 0.220 e. The Morgan fingerprint density at radius 2 is 2.16 bits per heavy atom. The molecule has 1 aliphatic heterocycles. The van der Waals surface area contributed by atoms with Gasteiger partial charge >= 0.3 is 0 Å². The Morgan fingerprint density at radius 3 is 2.88 bits per heavy atom. The van der Waals surface area contributed by atoms with E-state index in [-0.39, 0.29) is 18.1 Å². The molecule has 1 saturated heterocycles. The van der Waals surface area contributed by atoms with E-state index in [9.17, 15) is 4.79 Å². The van der Waals surface area contributed by atoms with Crippen LogP contribution in [0.5, 0.6) is 0 Å². The molecule has 7 heteroatoms. The molecule has 1 aromatic rings. The molecule has 6 nitrogen and oxygen atoms in total. The normalized spacial score (nSPS) is 31.7. The van der Waals surface area contributed by atoms with Crippen molar-refractivity contribution in [1.82, 2.24) is 15.6 Å². The van der Waals surface area contributed by atoms with E-state index in [1.807, 2.05) is 5.38 Å². The lowest BCUT2D eigenvalue weighted by molar-refractivity contribution is -0.124. The zero-order chi connectivity index (χ0) is 17.2. The minimum Gasteiger partial charge on any atom is -0.376 e. The summed E-state index contributed by atoms with van der Waals surface area (Å²) in [6, 6.07) is 0.146. The summed E-state index contributed by atoms with van der Waals surface area (Å²) in [6.45, 7) is 3.03. The van der Waals surface area contributed by atoms with Crippen LogP contribution in [0.3, 0.4) is 0 Å². The SMILES string of the molecule is Nc1nc(CCC(=O)N[C@H]2C[C@H]3CNC[C@H]3C[C@@H]2OCC2CC2)cs1. The number of ether oxygens (including phenoxy) is 1. The first-order chi connectivity index (χ1) is 12.2. The van der Waals surface area contributed by atoms with Crippen LogP contribution in [-0.2, 0) is 16.0 Å². The van der Waals surface area contributed by atoms with Gasteiger partial charge in [-0.2, -0.15) is 0 Å². The minimum absolute atomic E-state index is 0.0981. The molecule has 138 valence electrons. The second-order valence-corrected chi connectivity index (χ2v) is 8.71. The summed E-state index contributed by atoms with van der Waals surface area (Å²) in [6.07, 6.45) is 5.97. The number of nitrogens with zero attached hydrogens (tertiary/aromatic N) is 1. The predicted octanol–water partition coefficient (Wildman–Crippen LogP) is 1.57. The van der Waals surface area contributed by atoms with Gasteiger partial charge in [-0.3, -0.25) is 4.79 Å². The minimum atomic E-state index is 0.0981. The van der Waals surface area contributed by atoms with Gasteiger partial charge in [-0.05, 0) is 62.9 Å². The monoisotopic (exact) mass is 364 g/mol. The lowest BCUT2D eigenvalue weighted by Crippen LogP contribution is -2.50. The smallest absolute Gasteiger partial charge is 0.220 e. The van der Waals surface area contributed by atoms with Gasteiger partial charge in [-0.15, -0.1) is 11.3 Å². The third kappa shape index (κ3) is 4.51. The van der Waals surface area contributed by atoms with Gasteiger partial charge in [0.25, 0.3) is 0 Å². The van der Waals surface area contributed by atoms with E-state index in [0.717, 1.165) is 44.1 Å². The number of fused-ring (bicyclic) bond motifs is 1. The highest BCUT2D eigenvalue weighted by molar-refractivity contribution is 7.13. The molecule has 25 heavy (non-hydrogen) atoms. The van der Waals surface area contributed by atoms with Crippen molar-refractivity contribution in [3.8, 4) is 0 Å². The van der Waals surface area contributed by atoms with Crippen molar-refractivity contribution in [1.29, 1.82) is 0 Å². The highest BCUT2D eigenvalue weighted by Gasteiger charge is 2.41. The molecule has 2 heterocycles. The number of thiazole rings is 1. The Bertz CT molecular complexity index is 604. The number of aromatic nitrogens is 1. The van der Waals surface area contributed by atoms with Gasteiger partial charge in [-0.25, -0.2) is 4.98 Å². The van der Waals surface area contributed by atoms with Crippen LogP contribution in [0.15, 0.2) is 5.38 Å². The third-order valence-corrected chi connectivity index (χ3v) is 6.51. The van der Waals surface area contributed by atoms with Crippen LogP contribution < -0.4 is 16.4 Å². The molecule has 0 bridgehead atoms. The highest BCUT2D eigenvalue weighted by Crippen LogP contribution is 2.36. The molecule has 2 aliphatic carbocycles. The van der Waals surface area contributed by atoms with Crippen LogP contribution >= 0.6 is 11.3 Å². The van der Waals surface area contributed by atoms with Crippen molar-refractivity contribution in [2.75, 3.05) is 25.4 Å². The maximum absolute atomic E-state index is 12.4. The van der Waals surface area contributed by atoms with E-state index in [4.69, 9.17) is 10.5 Å². The number of hydrogen-bond donors (Lipinski definition) is 3. The van der Waals surface area contributed by atoms with E-state index in [1.54, 1.807) is 0 Å². The van der Waals surface area contributed by atoms with Crippen molar-refractivity contribution in [2.24, 2.45) is 17.8 Å². The molecule has 0 spiro atoms. The molecule has 3 fully saturated rings. The predicted molar refractivity (Wildman–Crippen MR) is 98.3 cm³/mol. The first-order valence-electron chi connectivity index (χ1n) is 9.49. The molecule has 2 saturated carbocycles. The molecular formula is C18H28N4O2S. The molecule has 4 rings (SSSR count). The molecule has 0 radical (unpaired) electrons. The number of carbonyl (C=O) groups is 1. The lowest BCUT2D eigenvalue weighted by atomic mass is 9.77. The quantitative estimate of drug-likeness (QED) is 0.683. The second kappa shape index (κ2) is 7.60. The summed E-state index contributed by atoms with van der Waals surface area (Å²) >= 11 is 1.43. The Balaban J connectivity index is 1.31. The summed E-state index contributed by atoms with van der Waals surface area (Å²) in [7, 11) is 0. The van der Waals surface area contributed by atoms with Gasteiger partial charge in [0.05, 0.1) is 17.8 Å². The first kappa shape index (κ1) is 17.2. The average Bonchev–Trinajstić information content (AvgIpc) is 3.16. The summed E-state index contributed by atoms with van der Waals surface area (Å²) in [4.78, 5) is 16.7. The van der Waals surface area contributed by atoms with Crippen molar-refractivity contribution in [2.45, 2.75) is 50.7 Å². The molecule has 0 aromatic carbocycles. The van der Waals surface area contributed by atoms with Crippen LogP contribution in [0.25, 0.3) is 0 Å². The van der Waals surface area contributed by atoms with Gasteiger partial charge < -0.3 is 21.1 Å². The molecule has 4 atom stereocenters. The van der Waals surface area contributed by atoms with Gasteiger partial charge in [0.1, 0.15) is 0 Å².